The average Bonchev–Trinajstić information content (AvgIpc) is 1.91. The number of nitrogens with two attached hydrogens (primary N) is 1. The van der Waals surface area contributed by atoms with E-state index in [1.54, 1.807) is 0 Å². The van der Waals surface area contributed by atoms with E-state index in [0.717, 1.165) is 10.6 Å². The summed E-state index contributed by atoms with van der Waals surface area (Å²) in [5, 5.41) is 0. The summed E-state index contributed by atoms with van der Waals surface area (Å²) in [5.74, 6) is 0. The summed E-state index contributed by atoms with van der Waals surface area (Å²) in [7, 11) is 0. The number of anilines is 1. The molecule has 1 radical (unpaired) electrons. The van der Waals surface area contributed by atoms with Crippen LogP contribution < -0.4 is 5.73 Å². The van der Waals surface area contributed by atoms with Crippen molar-refractivity contribution < 1.29 is 32.7 Å². The molecule has 1 aromatic carbocycles. The van der Waals surface area contributed by atoms with Crippen LogP contribution in [0.3, 0.4) is 0 Å². The molecule has 0 heterocycles. The van der Waals surface area contributed by atoms with Gasteiger partial charge in [0.1, 0.15) is 0 Å². The summed E-state index contributed by atoms with van der Waals surface area (Å²) in [6.07, 6.45) is 0. The van der Waals surface area contributed by atoms with Crippen molar-refractivity contribution in [2.45, 2.75) is 18.7 Å². The van der Waals surface area contributed by atoms with Crippen molar-refractivity contribution in [3.8, 4) is 0 Å². The van der Waals surface area contributed by atoms with Crippen LogP contribution in [0.25, 0.3) is 0 Å². The average molecular weight is 259 g/mol. The van der Waals surface area contributed by atoms with E-state index in [1.165, 1.54) is 0 Å². The summed E-state index contributed by atoms with van der Waals surface area (Å²) >= 11 is 4.07. The number of nitrogen functional groups attached to an aromatic ring is 1. The van der Waals surface area contributed by atoms with Crippen LogP contribution in [0.4, 0.5) is 5.69 Å². The fraction of sp³-hybridized carbons (Fsp3) is 0.222. The van der Waals surface area contributed by atoms with E-state index in [9.17, 15) is 0 Å². The molecule has 0 aliphatic heterocycles. The maximum atomic E-state index is 5.41. The zero-order valence-electron chi connectivity index (χ0n) is 7.91. The third-order valence-electron chi connectivity index (χ3n) is 0.870. The molecule has 1 rings (SSSR count). The Morgan fingerprint density at radius 2 is 1.75 bits per heavy atom. The molecule has 1 aromatic rings. The molecule has 0 unspecified atom stereocenters. The molecule has 0 aromatic heterocycles. The van der Waals surface area contributed by atoms with Crippen LogP contribution in [0.5, 0.6) is 0 Å². The van der Waals surface area contributed by atoms with Crippen molar-refractivity contribution in [1.82, 2.24) is 0 Å². The van der Waals surface area contributed by atoms with Gasteiger partial charge in [0, 0.05) is 43.3 Å². The molecular weight excluding hydrogens is 243 g/mol. The van der Waals surface area contributed by atoms with E-state index in [-0.39, 0.29) is 40.1 Å². The van der Waals surface area contributed by atoms with Crippen molar-refractivity contribution in [2.24, 2.45) is 0 Å². The van der Waals surface area contributed by atoms with Crippen molar-refractivity contribution in [3.05, 3.63) is 31.7 Å². The number of hydrogen-bond acceptors (Lipinski definition) is 2. The van der Waals surface area contributed by atoms with E-state index in [0.29, 0.717) is 0 Å². The first kappa shape index (κ1) is 18.3. The third kappa shape index (κ3) is 8.57. The van der Waals surface area contributed by atoms with Gasteiger partial charge in [0.2, 0.25) is 0 Å². The predicted octanol–water partition coefficient (Wildman–Crippen LogP) is 3.03. The Kier molecular flexibility index (Phi) is 17.5. The zero-order valence-corrected chi connectivity index (χ0v) is 11.6. The minimum atomic E-state index is 0. The van der Waals surface area contributed by atoms with Crippen molar-refractivity contribution in [1.29, 1.82) is 0 Å². The van der Waals surface area contributed by atoms with Crippen LogP contribution in [-0.4, -0.2) is 0 Å². The molecule has 2 N–H and O–H groups in total. The van der Waals surface area contributed by atoms with Gasteiger partial charge in [-0.25, -0.2) is 0 Å². The zero-order chi connectivity index (χ0) is 7.98. The molecule has 0 spiro atoms. The third-order valence-corrected chi connectivity index (χ3v) is 1.15. The van der Waals surface area contributed by atoms with E-state index in [1.807, 2.05) is 38.1 Å². The normalized spacial score (nSPS) is 6.58. The molecule has 0 aliphatic rings. The van der Waals surface area contributed by atoms with E-state index < -0.39 is 0 Å². The second-order valence-electron chi connectivity index (χ2n) is 1.59. The molecule has 0 atom stereocenters. The van der Waals surface area contributed by atoms with Crippen LogP contribution in [-0.2, 0) is 32.7 Å². The van der Waals surface area contributed by atoms with Crippen molar-refractivity contribution in [3.63, 3.8) is 0 Å². The molecule has 0 saturated heterocycles. The molecule has 0 fully saturated rings. The molecule has 0 bridgehead atoms. The Bertz CT molecular complexity index is 174. The maximum absolute atomic E-state index is 5.41. The first-order valence-corrected chi connectivity index (χ1v) is 3.78. The standard InChI is InChI=1S/C6H7NS.C2H6.CH3.Y/c7-5-2-1-3-6(8)4-5;1-2;;/h1-4,8H,7H2;1-2H3;1H3;/q;;-1;. The number of hydrogen-bond donors (Lipinski definition) is 2. The van der Waals surface area contributed by atoms with Gasteiger partial charge in [-0.1, -0.05) is 19.9 Å². The summed E-state index contributed by atoms with van der Waals surface area (Å²) in [4.78, 5) is 0.907. The fourth-order valence-corrected chi connectivity index (χ4v) is 0.760. The Morgan fingerprint density at radius 1 is 1.25 bits per heavy atom. The van der Waals surface area contributed by atoms with Gasteiger partial charge in [0.05, 0.1) is 0 Å². The van der Waals surface area contributed by atoms with Crippen LogP contribution in [0.1, 0.15) is 13.8 Å². The maximum Gasteiger partial charge on any atom is 0.0325 e. The Hall–Kier alpha value is 0.474. The topological polar surface area (TPSA) is 26.0 Å². The first-order valence-electron chi connectivity index (χ1n) is 3.33. The molecule has 3 heteroatoms. The molecule has 0 aliphatic carbocycles. The van der Waals surface area contributed by atoms with Crippen LogP contribution in [0.2, 0.25) is 0 Å². The molecule has 12 heavy (non-hydrogen) atoms. The Labute approximate surface area is 106 Å². The predicted molar refractivity (Wildman–Crippen MR) is 55.9 cm³/mol. The summed E-state index contributed by atoms with van der Waals surface area (Å²) in [5.41, 5.74) is 6.17. The van der Waals surface area contributed by atoms with Gasteiger partial charge < -0.3 is 13.2 Å². The summed E-state index contributed by atoms with van der Waals surface area (Å²) < 4.78 is 0. The SMILES string of the molecule is CC.Nc1cccc(S)c1.[CH3-].[Y]. The van der Waals surface area contributed by atoms with Crippen LogP contribution >= 0.6 is 12.6 Å². The van der Waals surface area contributed by atoms with Crippen LogP contribution in [0, 0.1) is 7.43 Å². The van der Waals surface area contributed by atoms with Gasteiger partial charge in [0.25, 0.3) is 0 Å². The molecule has 0 amide bonds. The second kappa shape index (κ2) is 11.5. The molecule has 67 valence electrons. The van der Waals surface area contributed by atoms with Crippen molar-refractivity contribution in [2.75, 3.05) is 5.73 Å². The minimum Gasteiger partial charge on any atom is -0.399 e. The van der Waals surface area contributed by atoms with Gasteiger partial charge in [-0.3, -0.25) is 0 Å². The number of rotatable bonds is 0. The van der Waals surface area contributed by atoms with Crippen molar-refractivity contribution >= 4 is 18.3 Å². The second-order valence-corrected chi connectivity index (χ2v) is 2.11. The number of benzene rings is 1. The fourth-order valence-electron chi connectivity index (χ4n) is 0.525. The Morgan fingerprint density at radius 3 is 2.00 bits per heavy atom. The first-order chi connectivity index (χ1) is 4.79. The molecular formula is C9H16NSY-. The minimum absolute atomic E-state index is 0. The van der Waals surface area contributed by atoms with Gasteiger partial charge in [-0.2, -0.15) is 0 Å². The monoisotopic (exact) mass is 259 g/mol. The van der Waals surface area contributed by atoms with Gasteiger partial charge in [-0.15, -0.1) is 12.6 Å². The quantitative estimate of drug-likeness (QED) is 0.418. The summed E-state index contributed by atoms with van der Waals surface area (Å²) in [6, 6.07) is 7.40. The van der Waals surface area contributed by atoms with E-state index in [4.69, 9.17) is 5.73 Å². The van der Waals surface area contributed by atoms with Gasteiger partial charge in [0.15, 0.2) is 0 Å². The molecule has 1 nitrogen and oxygen atoms in total. The van der Waals surface area contributed by atoms with E-state index in [2.05, 4.69) is 12.6 Å². The molecule has 0 saturated carbocycles. The van der Waals surface area contributed by atoms with E-state index >= 15 is 0 Å². The number of thiol groups is 1. The van der Waals surface area contributed by atoms with Gasteiger partial charge in [-0.05, 0) is 18.2 Å². The van der Waals surface area contributed by atoms with Gasteiger partial charge >= 0.3 is 0 Å². The Balaban J connectivity index is -0.000000189. The smallest absolute Gasteiger partial charge is 0.0325 e. The van der Waals surface area contributed by atoms with Crippen LogP contribution in [0.15, 0.2) is 29.2 Å². The largest absolute Gasteiger partial charge is 0.399 e. The summed E-state index contributed by atoms with van der Waals surface area (Å²) in [6.45, 7) is 4.00.